The van der Waals surface area contributed by atoms with Gasteiger partial charge in [0.25, 0.3) is 0 Å². The summed E-state index contributed by atoms with van der Waals surface area (Å²) in [6.45, 7) is 14.2. The molecule has 0 aliphatic carbocycles. The number of carbonyl (C=O) groups is 4. The Morgan fingerprint density at radius 3 is 1.92 bits per heavy atom. The number of aromatic hydroxyl groups is 2. The number of aryl methyl sites for hydroxylation is 1. The van der Waals surface area contributed by atoms with Crippen LogP contribution in [0.2, 0.25) is 0 Å². The lowest BCUT2D eigenvalue weighted by Gasteiger charge is -2.36. The Morgan fingerprint density at radius 1 is 0.717 bits per heavy atom. The molecule has 0 aliphatic rings. The van der Waals surface area contributed by atoms with Gasteiger partial charge in [-0.1, -0.05) is 86.8 Å². The van der Waals surface area contributed by atoms with Crippen molar-refractivity contribution in [3.8, 4) is 11.5 Å². The first-order valence-corrected chi connectivity index (χ1v) is 18.3. The molecule has 0 radical (unpaired) electrons. The molecule has 0 aliphatic heterocycles. The maximum absolute atomic E-state index is 14.9. The number of ether oxygens (including phenoxy) is 2. The predicted octanol–water partition coefficient (Wildman–Crippen LogP) is 7.06. The van der Waals surface area contributed by atoms with Gasteiger partial charge < -0.3 is 35.2 Å². The minimum atomic E-state index is -1.41. The molecule has 3 amide bonds. The van der Waals surface area contributed by atoms with E-state index in [4.69, 9.17) is 9.47 Å². The van der Waals surface area contributed by atoms with Crippen LogP contribution in [0.5, 0.6) is 11.5 Å². The molecule has 0 saturated heterocycles. The summed E-state index contributed by atoms with van der Waals surface area (Å²) in [5.74, 6) is -2.10. The van der Waals surface area contributed by atoms with Crippen molar-refractivity contribution in [1.82, 2.24) is 15.5 Å². The third-order valence-electron chi connectivity index (χ3n) is 8.31. The molecule has 53 heavy (non-hydrogen) atoms. The summed E-state index contributed by atoms with van der Waals surface area (Å²) in [7, 11) is 0. The summed E-state index contributed by atoms with van der Waals surface area (Å²) in [5.41, 5.74) is 0.355. The number of alkyl carbamates (subject to hydrolysis) is 1. The molecule has 3 rings (SSSR count). The van der Waals surface area contributed by atoms with Crippen LogP contribution in [0.4, 0.5) is 4.79 Å². The number of amides is 3. The molecule has 11 heteroatoms. The fourth-order valence-corrected chi connectivity index (χ4v) is 5.81. The summed E-state index contributed by atoms with van der Waals surface area (Å²) >= 11 is 0. The van der Waals surface area contributed by atoms with E-state index in [2.05, 4.69) is 17.6 Å². The van der Waals surface area contributed by atoms with Gasteiger partial charge in [0, 0.05) is 24.9 Å². The molecule has 3 atom stereocenters. The second-order valence-corrected chi connectivity index (χ2v) is 15.4. The van der Waals surface area contributed by atoms with E-state index < -0.39 is 53.2 Å². The molecule has 0 fully saturated rings. The zero-order chi connectivity index (χ0) is 39.3. The van der Waals surface area contributed by atoms with Crippen molar-refractivity contribution in [2.24, 2.45) is 0 Å². The summed E-state index contributed by atoms with van der Waals surface area (Å²) in [6, 6.07) is 16.6. The summed E-state index contributed by atoms with van der Waals surface area (Å²) < 4.78 is 11.3. The number of hydrogen-bond donors (Lipinski definition) is 4. The van der Waals surface area contributed by atoms with Crippen molar-refractivity contribution in [3.05, 3.63) is 95.1 Å². The zero-order valence-electron chi connectivity index (χ0n) is 32.4. The number of rotatable bonds is 16. The third kappa shape index (κ3) is 13.8. The molecule has 0 aromatic heterocycles. The second-order valence-electron chi connectivity index (χ2n) is 15.4. The lowest BCUT2D eigenvalue weighted by Crippen LogP contribution is -2.55. The van der Waals surface area contributed by atoms with Crippen LogP contribution in [0.25, 0.3) is 0 Å². The normalized spacial score (nSPS) is 13.3. The number of phenolic OH excluding ortho intramolecular Hbond substituents is 2. The van der Waals surface area contributed by atoms with E-state index in [1.165, 1.54) is 17.0 Å². The van der Waals surface area contributed by atoms with Gasteiger partial charge in [0.05, 0.1) is 0 Å². The van der Waals surface area contributed by atoms with E-state index in [-0.39, 0.29) is 36.4 Å². The first-order chi connectivity index (χ1) is 24.9. The predicted molar refractivity (Wildman–Crippen MR) is 204 cm³/mol. The largest absolute Gasteiger partial charge is 0.508 e. The molecule has 0 heterocycles. The van der Waals surface area contributed by atoms with Crippen LogP contribution < -0.4 is 10.6 Å². The third-order valence-corrected chi connectivity index (χ3v) is 8.31. The summed E-state index contributed by atoms with van der Waals surface area (Å²) in [6.07, 6.45) is 2.39. The highest BCUT2D eigenvalue weighted by Crippen LogP contribution is 2.33. The van der Waals surface area contributed by atoms with E-state index >= 15 is 0 Å². The average molecular weight is 732 g/mol. The quantitative estimate of drug-likeness (QED) is 0.0902. The summed E-state index contributed by atoms with van der Waals surface area (Å²) in [5, 5.41) is 27.0. The standard InChI is InChI=1S/C42H57N3O8/c1-9-10-11-15-25-45(38(49)33(44-40(51)53-42(6,7)8)26-30-21-23-31(46)24-22-30)35(32-20-16-17-28(2)36(32)47)37(48)43-34(39(50)52-41(3,4)5)27-29-18-13-12-14-19-29/h12-14,16-24,33-35,46-47H,9-11,15,25-27H2,1-8H3,(H,43,48)(H,44,51). The van der Waals surface area contributed by atoms with Crippen molar-refractivity contribution < 1.29 is 38.9 Å². The van der Waals surface area contributed by atoms with Gasteiger partial charge in [-0.3, -0.25) is 9.59 Å². The van der Waals surface area contributed by atoms with Gasteiger partial charge in [-0.05, 0) is 83.7 Å². The van der Waals surface area contributed by atoms with E-state index in [0.717, 1.165) is 24.8 Å². The molecule has 288 valence electrons. The Morgan fingerprint density at radius 2 is 1.32 bits per heavy atom. The number of unbranched alkanes of at least 4 members (excludes halogenated alkanes) is 3. The maximum Gasteiger partial charge on any atom is 0.408 e. The molecule has 0 spiro atoms. The fourth-order valence-electron chi connectivity index (χ4n) is 5.81. The van der Waals surface area contributed by atoms with Crippen molar-refractivity contribution in [2.45, 2.75) is 123 Å². The van der Waals surface area contributed by atoms with E-state index in [1.54, 1.807) is 78.8 Å². The van der Waals surface area contributed by atoms with E-state index in [9.17, 15) is 29.4 Å². The molecule has 3 aromatic carbocycles. The van der Waals surface area contributed by atoms with E-state index in [0.29, 0.717) is 17.5 Å². The molecule has 3 aromatic rings. The van der Waals surface area contributed by atoms with Crippen LogP contribution in [-0.2, 0) is 36.7 Å². The van der Waals surface area contributed by atoms with E-state index in [1.807, 2.05) is 30.3 Å². The zero-order valence-corrected chi connectivity index (χ0v) is 32.4. The number of carbonyl (C=O) groups excluding carboxylic acids is 4. The molecule has 0 bridgehead atoms. The topological polar surface area (TPSA) is 154 Å². The molecule has 4 N–H and O–H groups in total. The first-order valence-electron chi connectivity index (χ1n) is 18.3. The lowest BCUT2D eigenvalue weighted by molar-refractivity contribution is -0.159. The number of nitrogens with one attached hydrogen (secondary N) is 2. The van der Waals surface area contributed by atoms with Gasteiger partial charge in [0.2, 0.25) is 11.8 Å². The first kappa shape index (κ1) is 42.4. The summed E-state index contributed by atoms with van der Waals surface area (Å²) in [4.78, 5) is 58.0. The number of nitrogens with zero attached hydrogens (tertiary/aromatic N) is 1. The lowest BCUT2D eigenvalue weighted by atomic mass is 9.96. The molecular formula is C42H57N3O8. The molecule has 11 nitrogen and oxygen atoms in total. The molecular weight excluding hydrogens is 674 g/mol. The Labute approximate surface area is 314 Å². The average Bonchev–Trinajstić information content (AvgIpc) is 3.06. The smallest absolute Gasteiger partial charge is 0.408 e. The Balaban J connectivity index is 2.17. The van der Waals surface area contributed by atoms with Crippen molar-refractivity contribution in [1.29, 1.82) is 0 Å². The highest BCUT2D eigenvalue weighted by molar-refractivity contribution is 5.94. The Bertz CT molecular complexity index is 1660. The van der Waals surface area contributed by atoms with Gasteiger partial charge >= 0.3 is 12.1 Å². The fraction of sp³-hybridized carbons (Fsp3) is 0.476. The number of esters is 1. The Kier molecular flexibility index (Phi) is 15.3. The number of hydrogen-bond acceptors (Lipinski definition) is 8. The number of para-hydroxylation sites is 1. The van der Waals surface area contributed by atoms with Crippen LogP contribution in [0.15, 0.2) is 72.8 Å². The van der Waals surface area contributed by atoms with Gasteiger partial charge in [-0.15, -0.1) is 0 Å². The van der Waals surface area contributed by atoms with Crippen LogP contribution in [0.1, 0.15) is 102 Å². The molecule has 3 unspecified atom stereocenters. The molecule has 0 saturated carbocycles. The highest BCUT2D eigenvalue weighted by atomic mass is 16.6. The van der Waals surface area contributed by atoms with Crippen molar-refractivity contribution >= 4 is 23.9 Å². The van der Waals surface area contributed by atoms with Crippen LogP contribution in [-0.4, -0.2) is 68.8 Å². The number of benzene rings is 3. The minimum absolute atomic E-state index is 0.00644. The van der Waals surface area contributed by atoms with Crippen LogP contribution >= 0.6 is 0 Å². The van der Waals surface area contributed by atoms with Crippen LogP contribution in [0.3, 0.4) is 0 Å². The van der Waals surface area contributed by atoms with Crippen molar-refractivity contribution in [3.63, 3.8) is 0 Å². The SMILES string of the molecule is CCCCCCN(C(=O)C(Cc1ccc(O)cc1)NC(=O)OC(C)(C)C)C(C(=O)NC(Cc1ccccc1)C(=O)OC(C)(C)C)c1cccc(C)c1O. The van der Waals surface area contributed by atoms with Crippen LogP contribution in [0, 0.1) is 6.92 Å². The monoisotopic (exact) mass is 731 g/mol. The van der Waals surface area contributed by atoms with Gasteiger partial charge in [-0.25, -0.2) is 9.59 Å². The Hall–Kier alpha value is -5.06. The second kappa shape index (κ2) is 19.1. The highest BCUT2D eigenvalue weighted by Gasteiger charge is 2.39. The minimum Gasteiger partial charge on any atom is -0.508 e. The number of phenols is 2. The van der Waals surface area contributed by atoms with Gasteiger partial charge in [0.15, 0.2) is 0 Å². The maximum atomic E-state index is 14.9. The van der Waals surface area contributed by atoms with Gasteiger partial charge in [0.1, 0.15) is 40.8 Å². The van der Waals surface area contributed by atoms with Gasteiger partial charge in [-0.2, -0.15) is 0 Å². The van der Waals surface area contributed by atoms with Crippen molar-refractivity contribution in [2.75, 3.05) is 6.54 Å².